The molecular formula is C16H30N2O6. The number of rotatable bonds is 12. The molecule has 2 N–H and O–H groups in total. The Morgan fingerprint density at radius 1 is 1.00 bits per heavy atom. The molecule has 0 bridgehead atoms. The molecule has 0 spiro atoms. The monoisotopic (exact) mass is 346 g/mol. The predicted molar refractivity (Wildman–Crippen MR) is 89.9 cm³/mol. The summed E-state index contributed by atoms with van der Waals surface area (Å²) in [7, 11) is 1.34. The molecule has 0 rings (SSSR count). The van der Waals surface area contributed by atoms with Crippen LogP contribution in [0.4, 0.5) is 4.79 Å². The van der Waals surface area contributed by atoms with Crippen LogP contribution in [0.5, 0.6) is 0 Å². The smallest absolute Gasteiger partial charge is 0.407 e. The number of hydrogen-bond acceptors (Lipinski definition) is 7. The third kappa shape index (κ3) is 16.7. The molecule has 0 fully saturated rings. The molecule has 0 aromatic heterocycles. The summed E-state index contributed by atoms with van der Waals surface area (Å²) in [4.78, 5) is 22.1. The summed E-state index contributed by atoms with van der Waals surface area (Å²) >= 11 is 0. The van der Waals surface area contributed by atoms with Gasteiger partial charge >= 0.3 is 12.1 Å². The van der Waals surface area contributed by atoms with E-state index in [9.17, 15) is 9.59 Å². The minimum Gasteiger partial charge on any atom is -0.466 e. The maximum absolute atomic E-state index is 11.3. The maximum Gasteiger partial charge on any atom is 0.407 e. The van der Waals surface area contributed by atoms with Crippen molar-refractivity contribution in [3.05, 3.63) is 12.2 Å². The Morgan fingerprint density at radius 2 is 1.62 bits per heavy atom. The van der Waals surface area contributed by atoms with E-state index in [1.807, 2.05) is 20.8 Å². The molecule has 0 aromatic carbocycles. The SMILES string of the molecule is COC(=O)/C=C/CNCCOCCOCCNC(=O)OC(C)(C)C. The highest BCUT2D eigenvalue weighted by Crippen LogP contribution is 2.05. The van der Waals surface area contributed by atoms with E-state index < -0.39 is 11.7 Å². The van der Waals surface area contributed by atoms with Gasteiger partial charge in [0.2, 0.25) is 0 Å². The van der Waals surface area contributed by atoms with E-state index in [1.54, 1.807) is 6.08 Å². The first-order chi connectivity index (χ1) is 11.3. The zero-order chi connectivity index (χ0) is 18.3. The summed E-state index contributed by atoms with van der Waals surface area (Å²) in [6.07, 6.45) is 2.61. The number of alkyl carbamates (subject to hydrolysis) is 1. The van der Waals surface area contributed by atoms with E-state index in [0.29, 0.717) is 46.1 Å². The quantitative estimate of drug-likeness (QED) is 0.307. The Labute approximate surface area is 143 Å². The first-order valence-electron chi connectivity index (χ1n) is 7.92. The number of hydrogen-bond donors (Lipinski definition) is 2. The molecule has 0 unspecified atom stereocenters. The largest absolute Gasteiger partial charge is 0.466 e. The average molecular weight is 346 g/mol. The number of nitrogens with one attached hydrogen (secondary N) is 2. The van der Waals surface area contributed by atoms with Crippen molar-refractivity contribution in [2.24, 2.45) is 0 Å². The summed E-state index contributed by atoms with van der Waals surface area (Å²) in [5.74, 6) is -0.369. The van der Waals surface area contributed by atoms with Crippen LogP contribution >= 0.6 is 0 Å². The van der Waals surface area contributed by atoms with E-state index in [1.165, 1.54) is 13.2 Å². The van der Waals surface area contributed by atoms with Gasteiger partial charge in [0.15, 0.2) is 0 Å². The van der Waals surface area contributed by atoms with Gasteiger partial charge in [0, 0.05) is 25.7 Å². The maximum atomic E-state index is 11.3. The van der Waals surface area contributed by atoms with Crippen LogP contribution in [0, 0.1) is 0 Å². The Morgan fingerprint density at radius 3 is 2.21 bits per heavy atom. The first-order valence-corrected chi connectivity index (χ1v) is 7.92. The Balaban J connectivity index is 3.27. The zero-order valence-electron chi connectivity index (χ0n) is 15.1. The van der Waals surface area contributed by atoms with Crippen molar-refractivity contribution < 1.29 is 28.5 Å². The number of carbonyl (C=O) groups is 2. The van der Waals surface area contributed by atoms with Crippen molar-refractivity contribution in [3.8, 4) is 0 Å². The fraction of sp³-hybridized carbons (Fsp3) is 0.750. The molecule has 8 nitrogen and oxygen atoms in total. The standard InChI is InChI=1S/C16H30N2O6/c1-16(2,3)24-15(20)18-9-11-23-13-12-22-10-8-17-7-5-6-14(19)21-4/h5-6,17H,7-13H2,1-4H3,(H,18,20)/b6-5+. The van der Waals surface area contributed by atoms with E-state index in [2.05, 4.69) is 15.4 Å². The topological polar surface area (TPSA) is 95.1 Å². The van der Waals surface area contributed by atoms with Crippen molar-refractivity contribution in [1.82, 2.24) is 10.6 Å². The molecule has 140 valence electrons. The second-order valence-electron chi connectivity index (χ2n) is 5.78. The summed E-state index contributed by atoms with van der Waals surface area (Å²) in [5.41, 5.74) is -0.498. The van der Waals surface area contributed by atoms with Gasteiger partial charge in [0.25, 0.3) is 0 Å². The highest BCUT2D eigenvalue weighted by atomic mass is 16.6. The molecule has 0 aromatic rings. The molecule has 0 radical (unpaired) electrons. The molecule has 24 heavy (non-hydrogen) atoms. The normalized spacial score (nSPS) is 11.5. The van der Waals surface area contributed by atoms with Crippen molar-refractivity contribution in [2.75, 3.05) is 53.2 Å². The highest BCUT2D eigenvalue weighted by molar-refractivity contribution is 5.81. The van der Waals surface area contributed by atoms with Gasteiger partial charge in [-0.1, -0.05) is 6.08 Å². The van der Waals surface area contributed by atoms with Crippen molar-refractivity contribution in [2.45, 2.75) is 26.4 Å². The van der Waals surface area contributed by atoms with Crippen LogP contribution in [0.2, 0.25) is 0 Å². The lowest BCUT2D eigenvalue weighted by Gasteiger charge is -2.19. The van der Waals surface area contributed by atoms with E-state index in [-0.39, 0.29) is 5.97 Å². The predicted octanol–water partition coefficient (Wildman–Crippen LogP) is 0.863. The molecule has 0 aliphatic rings. The molecule has 0 saturated carbocycles. The Bertz CT molecular complexity index is 379. The third-order valence-electron chi connectivity index (χ3n) is 2.43. The van der Waals surface area contributed by atoms with Crippen LogP contribution in [-0.2, 0) is 23.7 Å². The molecule has 0 atom stereocenters. The van der Waals surface area contributed by atoms with Gasteiger partial charge in [-0.3, -0.25) is 0 Å². The molecule has 0 saturated heterocycles. The van der Waals surface area contributed by atoms with E-state index in [0.717, 1.165) is 0 Å². The summed E-state index contributed by atoms with van der Waals surface area (Å²) < 4.78 is 20.2. The van der Waals surface area contributed by atoms with Crippen molar-refractivity contribution >= 4 is 12.1 Å². The van der Waals surface area contributed by atoms with Crippen LogP contribution in [-0.4, -0.2) is 70.8 Å². The molecular weight excluding hydrogens is 316 g/mol. The lowest BCUT2D eigenvalue weighted by Crippen LogP contribution is -2.34. The van der Waals surface area contributed by atoms with Crippen molar-refractivity contribution in [1.29, 1.82) is 0 Å². The Hall–Kier alpha value is -1.64. The minimum absolute atomic E-state index is 0.369. The van der Waals surface area contributed by atoms with E-state index >= 15 is 0 Å². The lowest BCUT2D eigenvalue weighted by molar-refractivity contribution is -0.134. The average Bonchev–Trinajstić information content (AvgIpc) is 2.49. The van der Waals surface area contributed by atoms with Gasteiger partial charge in [-0.05, 0) is 20.8 Å². The number of methoxy groups -OCH3 is 1. The van der Waals surface area contributed by atoms with Crippen LogP contribution in [0.3, 0.4) is 0 Å². The second kappa shape index (κ2) is 13.8. The van der Waals surface area contributed by atoms with Crippen LogP contribution < -0.4 is 10.6 Å². The molecule has 0 aliphatic heterocycles. The van der Waals surface area contributed by atoms with Crippen LogP contribution in [0.1, 0.15) is 20.8 Å². The lowest BCUT2D eigenvalue weighted by atomic mass is 10.2. The number of ether oxygens (including phenoxy) is 4. The molecule has 0 aliphatic carbocycles. The van der Waals surface area contributed by atoms with Crippen molar-refractivity contribution in [3.63, 3.8) is 0 Å². The molecule has 0 heterocycles. The fourth-order valence-corrected chi connectivity index (χ4v) is 1.41. The van der Waals surface area contributed by atoms with Gasteiger partial charge in [0.1, 0.15) is 5.60 Å². The fourth-order valence-electron chi connectivity index (χ4n) is 1.41. The van der Waals surface area contributed by atoms with E-state index in [4.69, 9.17) is 14.2 Å². The van der Waals surface area contributed by atoms with Gasteiger partial charge < -0.3 is 29.6 Å². The van der Waals surface area contributed by atoms with Crippen LogP contribution in [0.15, 0.2) is 12.2 Å². The van der Waals surface area contributed by atoms with Gasteiger partial charge in [-0.15, -0.1) is 0 Å². The third-order valence-corrected chi connectivity index (χ3v) is 2.43. The number of esters is 1. The number of carbonyl (C=O) groups excluding carboxylic acids is 2. The summed E-state index contributed by atoms with van der Waals surface area (Å²) in [6, 6.07) is 0. The van der Waals surface area contributed by atoms with Gasteiger partial charge in [-0.2, -0.15) is 0 Å². The summed E-state index contributed by atoms with van der Waals surface area (Å²) in [5, 5.41) is 5.69. The van der Waals surface area contributed by atoms with Crippen LogP contribution in [0.25, 0.3) is 0 Å². The Kier molecular flexibility index (Phi) is 12.8. The molecule has 8 heteroatoms. The highest BCUT2D eigenvalue weighted by Gasteiger charge is 2.15. The van der Waals surface area contributed by atoms with Gasteiger partial charge in [0.05, 0.1) is 33.5 Å². The number of amides is 1. The second-order valence-corrected chi connectivity index (χ2v) is 5.78. The molecule has 1 amide bonds. The van der Waals surface area contributed by atoms with Gasteiger partial charge in [-0.25, -0.2) is 9.59 Å². The summed E-state index contributed by atoms with van der Waals surface area (Å²) in [6.45, 7) is 8.95. The first kappa shape index (κ1) is 22.4. The minimum atomic E-state index is -0.498. The zero-order valence-corrected chi connectivity index (χ0v) is 15.1.